The Hall–Kier alpha value is -0.318. The quantitative estimate of drug-likeness (QED) is 0.704. The summed E-state index contributed by atoms with van der Waals surface area (Å²) in [5, 5.41) is 3.69. The van der Waals surface area contributed by atoms with Gasteiger partial charge in [0.2, 0.25) is 6.28 Å². The van der Waals surface area contributed by atoms with Crippen molar-refractivity contribution in [3.8, 4) is 0 Å². The third-order valence-electron chi connectivity index (χ3n) is 6.54. The molecular formula is C17H34BN2Si. The van der Waals surface area contributed by atoms with Crippen molar-refractivity contribution in [2.24, 2.45) is 0 Å². The van der Waals surface area contributed by atoms with Gasteiger partial charge in [0.1, 0.15) is 8.80 Å². The molecule has 0 N–H and O–H groups in total. The Labute approximate surface area is 134 Å². The molecule has 2 nitrogen and oxygen atoms in total. The molecule has 0 aromatic carbocycles. The number of quaternary nitrogens is 1. The molecule has 4 heteroatoms. The zero-order chi connectivity index (χ0) is 16.0. The van der Waals surface area contributed by atoms with Gasteiger partial charge < -0.3 is 9.29 Å². The molecular weight excluding hydrogens is 271 g/mol. The first-order valence-corrected chi connectivity index (χ1v) is 10.7. The van der Waals surface area contributed by atoms with Crippen LogP contribution in [0.25, 0.3) is 0 Å². The Kier molecular flexibility index (Phi) is 4.63. The Balaban J connectivity index is 2.57. The molecule has 0 spiro atoms. The van der Waals surface area contributed by atoms with Gasteiger partial charge in [0.05, 0.1) is 6.54 Å². The number of hydrogen-bond donors (Lipinski definition) is 0. The van der Waals surface area contributed by atoms with Crippen LogP contribution < -0.4 is 0 Å². The third-order valence-corrected chi connectivity index (χ3v) is 9.24. The van der Waals surface area contributed by atoms with Gasteiger partial charge in [-0.2, -0.15) is 0 Å². The van der Waals surface area contributed by atoms with Gasteiger partial charge in [-0.3, -0.25) is 0 Å². The monoisotopic (exact) mass is 305 g/mol. The molecule has 0 bridgehead atoms. The Morgan fingerprint density at radius 2 is 1.71 bits per heavy atom. The molecule has 119 valence electrons. The second-order valence-corrected chi connectivity index (χ2v) is 10.5. The molecule has 0 unspecified atom stereocenters. The van der Waals surface area contributed by atoms with E-state index in [2.05, 4.69) is 60.4 Å². The van der Waals surface area contributed by atoms with Crippen molar-refractivity contribution in [3.63, 3.8) is 0 Å². The largest absolute Gasteiger partial charge is 0.513 e. The maximum absolute atomic E-state index is 2.55. The van der Waals surface area contributed by atoms with E-state index in [4.69, 9.17) is 0 Å². The maximum Gasteiger partial charge on any atom is 0.236 e. The first-order valence-electron chi connectivity index (χ1n) is 8.72. The summed E-state index contributed by atoms with van der Waals surface area (Å²) < 4.78 is 1.23. The van der Waals surface area contributed by atoms with E-state index in [0.717, 1.165) is 0 Å². The average molecular weight is 305 g/mol. The van der Waals surface area contributed by atoms with Crippen molar-refractivity contribution in [2.45, 2.75) is 46.4 Å². The predicted molar refractivity (Wildman–Crippen MR) is 98.2 cm³/mol. The highest BCUT2D eigenvalue weighted by molar-refractivity contribution is 6.87. The van der Waals surface area contributed by atoms with Crippen LogP contribution in [0.3, 0.4) is 0 Å². The maximum atomic E-state index is 2.55. The van der Waals surface area contributed by atoms with Crippen molar-refractivity contribution in [3.05, 3.63) is 21.4 Å². The highest BCUT2D eigenvalue weighted by Crippen LogP contribution is 2.50. The fourth-order valence-corrected chi connectivity index (χ4v) is 8.51. The van der Waals surface area contributed by atoms with E-state index in [0.29, 0.717) is 0 Å². The van der Waals surface area contributed by atoms with Gasteiger partial charge in [-0.05, 0) is 20.5 Å². The summed E-state index contributed by atoms with van der Waals surface area (Å²) >= 11 is 0. The van der Waals surface area contributed by atoms with E-state index < -0.39 is 15.1 Å². The number of allylic oxidation sites excluding steroid dienone is 2. The first kappa shape index (κ1) is 17.0. The van der Waals surface area contributed by atoms with Gasteiger partial charge in [0.25, 0.3) is 0 Å². The number of rotatable bonds is 5. The van der Waals surface area contributed by atoms with E-state index in [1.807, 2.05) is 15.9 Å². The summed E-state index contributed by atoms with van der Waals surface area (Å²) in [7, 11) is 8.94. The fraction of sp³-hybridized carbons (Fsp3) is 0.765. The van der Waals surface area contributed by atoms with Crippen molar-refractivity contribution < 1.29 is 4.39 Å². The summed E-state index contributed by atoms with van der Waals surface area (Å²) in [6.07, 6.45) is 3.46. The van der Waals surface area contributed by atoms with Crippen LogP contribution in [-0.4, -0.2) is 65.7 Å². The Morgan fingerprint density at radius 3 is 2.14 bits per heavy atom. The van der Waals surface area contributed by atoms with Crippen LogP contribution in [0.1, 0.15) is 27.2 Å². The summed E-state index contributed by atoms with van der Waals surface area (Å²) in [4.78, 5) is 2.37. The Morgan fingerprint density at radius 1 is 1.14 bits per heavy atom. The van der Waals surface area contributed by atoms with Crippen LogP contribution in [0, 0.1) is 0 Å². The molecule has 0 aliphatic carbocycles. The Bertz CT molecular complexity index is 487. The lowest BCUT2D eigenvalue weighted by Crippen LogP contribution is -2.61. The molecule has 0 aromatic rings. The van der Waals surface area contributed by atoms with Gasteiger partial charge in [0.15, 0.2) is 0 Å². The second-order valence-electron chi connectivity index (χ2n) is 8.01. The fourth-order valence-electron chi connectivity index (χ4n) is 5.36. The zero-order valence-electron chi connectivity index (χ0n) is 15.5. The van der Waals surface area contributed by atoms with Crippen LogP contribution in [0.4, 0.5) is 0 Å². The van der Waals surface area contributed by atoms with Crippen molar-refractivity contribution in [1.29, 1.82) is 0 Å². The molecule has 2 rings (SSSR count). The third kappa shape index (κ3) is 2.30. The lowest BCUT2D eigenvalue weighted by molar-refractivity contribution is -0.781. The molecule has 0 atom stereocenters. The molecule has 0 fully saturated rings. The summed E-state index contributed by atoms with van der Waals surface area (Å²) in [5.41, 5.74) is 3.63. The van der Waals surface area contributed by atoms with Gasteiger partial charge in [-0.15, -0.1) is 18.1 Å². The van der Waals surface area contributed by atoms with E-state index in [1.54, 1.807) is 5.57 Å². The van der Waals surface area contributed by atoms with Crippen molar-refractivity contribution >= 4 is 15.1 Å². The van der Waals surface area contributed by atoms with Gasteiger partial charge in [0, 0.05) is 20.6 Å². The average Bonchev–Trinajstić information content (AvgIpc) is 2.79. The SMILES string of the molecule is CCC1=C(CN(C)C)[Si](C)C2=C1[B-](CC)(CC)[N+](C)(C)C2. The lowest BCUT2D eigenvalue weighted by Gasteiger charge is -2.53. The summed E-state index contributed by atoms with van der Waals surface area (Å²) in [6.45, 7) is 12.3. The van der Waals surface area contributed by atoms with E-state index in [9.17, 15) is 0 Å². The van der Waals surface area contributed by atoms with E-state index in [-0.39, 0.29) is 0 Å². The van der Waals surface area contributed by atoms with E-state index in [1.165, 1.54) is 36.5 Å². The van der Waals surface area contributed by atoms with Crippen LogP contribution in [0.2, 0.25) is 19.2 Å². The minimum atomic E-state index is -0.469. The minimum absolute atomic E-state index is 0.427. The number of hydrogen-bond acceptors (Lipinski definition) is 1. The number of likely N-dealkylation sites (N-methyl/N-ethyl adjacent to an activating group) is 2. The van der Waals surface area contributed by atoms with Crippen LogP contribution in [0.15, 0.2) is 21.4 Å². The van der Waals surface area contributed by atoms with Crippen molar-refractivity contribution in [2.75, 3.05) is 41.3 Å². The lowest BCUT2D eigenvalue weighted by atomic mass is 9.25. The summed E-state index contributed by atoms with van der Waals surface area (Å²) in [5.74, 6) is 0. The summed E-state index contributed by atoms with van der Waals surface area (Å²) in [6, 6.07) is 0. The van der Waals surface area contributed by atoms with Gasteiger partial charge in [-0.25, -0.2) is 0 Å². The predicted octanol–water partition coefficient (Wildman–Crippen LogP) is 3.38. The molecule has 21 heavy (non-hydrogen) atoms. The van der Waals surface area contributed by atoms with Crippen LogP contribution >= 0.6 is 0 Å². The topological polar surface area (TPSA) is 3.24 Å². The molecule has 2 heterocycles. The second kappa shape index (κ2) is 5.71. The molecule has 0 saturated carbocycles. The van der Waals surface area contributed by atoms with Crippen LogP contribution in [0.5, 0.6) is 0 Å². The van der Waals surface area contributed by atoms with E-state index >= 15 is 0 Å². The number of nitrogens with zero attached hydrogens (tertiary/aromatic N) is 2. The molecule has 2 aliphatic rings. The highest BCUT2D eigenvalue weighted by Gasteiger charge is 2.52. The highest BCUT2D eigenvalue weighted by atomic mass is 28.3. The molecule has 0 aromatic heterocycles. The molecule has 1 radical (unpaired) electrons. The zero-order valence-corrected chi connectivity index (χ0v) is 16.5. The van der Waals surface area contributed by atoms with Crippen molar-refractivity contribution in [1.82, 2.24) is 4.90 Å². The van der Waals surface area contributed by atoms with Gasteiger partial charge >= 0.3 is 0 Å². The molecule has 0 amide bonds. The first-order chi connectivity index (χ1) is 9.75. The van der Waals surface area contributed by atoms with Crippen LogP contribution in [-0.2, 0) is 0 Å². The normalized spacial score (nSPS) is 24.4. The van der Waals surface area contributed by atoms with Gasteiger partial charge in [-0.1, -0.05) is 43.3 Å². The molecule has 0 saturated heterocycles. The molecule has 2 aliphatic heterocycles. The standard InChI is InChI=1S/C17H34BN2Si/c1-9-14-15(12-19(4)5)21(8)16-13-20(6,7)18(10-2,11-3)17(14)16/h9-13H2,1-8H3. The minimum Gasteiger partial charge on any atom is -0.513 e. The smallest absolute Gasteiger partial charge is 0.236 e.